The highest BCUT2D eigenvalue weighted by molar-refractivity contribution is 5.78. The molecule has 1 aliphatic heterocycles. The van der Waals surface area contributed by atoms with E-state index in [0.29, 0.717) is 6.42 Å². The van der Waals surface area contributed by atoms with Crippen molar-refractivity contribution < 1.29 is 9.53 Å². The lowest BCUT2D eigenvalue weighted by Gasteiger charge is -2.19. The first-order valence-corrected chi connectivity index (χ1v) is 9.40. The number of nitrogens with one attached hydrogen (secondary N) is 1. The number of hydrogen-bond donors (Lipinski definition) is 1. The molecule has 1 aromatic rings. The number of carbonyl (C=O) groups excluding carboxylic acids is 1. The van der Waals surface area contributed by atoms with Crippen LogP contribution in [0.3, 0.4) is 0 Å². The molecule has 0 spiro atoms. The first kappa shape index (κ1) is 18.8. The molecule has 1 amide bonds. The molecule has 1 N–H and O–H groups in total. The summed E-state index contributed by atoms with van der Waals surface area (Å²) >= 11 is 0. The molecule has 1 heterocycles. The summed E-state index contributed by atoms with van der Waals surface area (Å²) < 4.78 is 5.12. The van der Waals surface area contributed by atoms with Crippen LogP contribution in [0.4, 0.5) is 0 Å². The smallest absolute Gasteiger partial charge is 0.224 e. The largest absolute Gasteiger partial charge is 0.497 e. The van der Waals surface area contributed by atoms with E-state index in [2.05, 4.69) is 10.2 Å². The van der Waals surface area contributed by atoms with Gasteiger partial charge in [0.05, 0.1) is 13.5 Å². The molecule has 0 bridgehead atoms. The molecule has 4 heteroatoms. The highest BCUT2D eigenvalue weighted by Crippen LogP contribution is 2.12. The summed E-state index contributed by atoms with van der Waals surface area (Å²) in [6, 6.07) is 7.68. The van der Waals surface area contributed by atoms with E-state index in [0.717, 1.165) is 24.3 Å². The van der Waals surface area contributed by atoms with Gasteiger partial charge in [0, 0.05) is 6.54 Å². The first-order valence-electron chi connectivity index (χ1n) is 9.40. The number of benzene rings is 1. The van der Waals surface area contributed by atoms with Crippen molar-refractivity contribution in [1.82, 2.24) is 10.2 Å². The van der Waals surface area contributed by atoms with Crippen molar-refractivity contribution in [2.24, 2.45) is 0 Å². The van der Waals surface area contributed by atoms with Gasteiger partial charge in [-0.3, -0.25) is 4.79 Å². The third kappa shape index (κ3) is 7.35. The Bertz CT molecular complexity index is 465. The normalized spacial score (nSPS) is 15.7. The van der Waals surface area contributed by atoms with Crippen LogP contribution in [0.2, 0.25) is 0 Å². The maximum atomic E-state index is 11.9. The molecule has 24 heavy (non-hydrogen) atoms. The third-order valence-electron chi connectivity index (χ3n) is 4.70. The molecule has 2 rings (SSSR count). The summed E-state index contributed by atoms with van der Waals surface area (Å²) in [6.07, 6.45) is 9.48. The van der Waals surface area contributed by atoms with Crippen LogP contribution in [-0.2, 0) is 11.2 Å². The Morgan fingerprint density at radius 3 is 2.42 bits per heavy atom. The van der Waals surface area contributed by atoms with Gasteiger partial charge in [0.1, 0.15) is 5.75 Å². The number of methoxy groups -OCH3 is 1. The van der Waals surface area contributed by atoms with Crippen LogP contribution in [0.25, 0.3) is 0 Å². The third-order valence-corrected chi connectivity index (χ3v) is 4.70. The molecule has 0 radical (unpaired) electrons. The monoisotopic (exact) mass is 332 g/mol. The van der Waals surface area contributed by atoms with Crippen molar-refractivity contribution in [2.45, 2.75) is 51.4 Å². The topological polar surface area (TPSA) is 41.6 Å². The van der Waals surface area contributed by atoms with Crippen molar-refractivity contribution in [1.29, 1.82) is 0 Å². The average molecular weight is 332 g/mol. The molecule has 0 atom stereocenters. The van der Waals surface area contributed by atoms with Crippen LogP contribution in [-0.4, -0.2) is 44.1 Å². The summed E-state index contributed by atoms with van der Waals surface area (Å²) in [4.78, 5) is 14.5. The Kier molecular flexibility index (Phi) is 8.67. The van der Waals surface area contributed by atoms with Gasteiger partial charge in [-0.1, -0.05) is 31.4 Å². The predicted molar refractivity (Wildman–Crippen MR) is 98.5 cm³/mol. The van der Waals surface area contributed by atoms with Crippen molar-refractivity contribution >= 4 is 5.91 Å². The van der Waals surface area contributed by atoms with E-state index in [9.17, 15) is 4.79 Å². The van der Waals surface area contributed by atoms with E-state index in [-0.39, 0.29) is 5.91 Å². The quantitative estimate of drug-likeness (QED) is 0.705. The fourth-order valence-electron chi connectivity index (χ4n) is 3.22. The Labute approximate surface area is 146 Å². The lowest BCUT2D eigenvalue weighted by Crippen LogP contribution is -2.27. The Hall–Kier alpha value is -1.55. The van der Waals surface area contributed by atoms with Crippen molar-refractivity contribution in [3.63, 3.8) is 0 Å². The lowest BCUT2D eigenvalue weighted by atomic mass is 10.1. The number of likely N-dealkylation sites (tertiary alicyclic amines) is 1. The van der Waals surface area contributed by atoms with Crippen molar-refractivity contribution in [3.05, 3.63) is 29.8 Å². The molecule has 0 saturated carbocycles. The number of carbonyl (C=O) groups is 1. The molecule has 1 saturated heterocycles. The van der Waals surface area contributed by atoms with Gasteiger partial charge in [0.25, 0.3) is 0 Å². The Morgan fingerprint density at radius 1 is 1.04 bits per heavy atom. The minimum absolute atomic E-state index is 0.104. The van der Waals surface area contributed by atoms with E-state index in [4.69, 9.17) is 4.74 Å². The Balaban J connectivity index is 1.51. The standard InChI is InChI=1S/C20H32N2O2/c1-24-19-11-9-18(10-12-19)17-20(23)21-13-5-4-8-16-22-14-6-2-3-7-15-22/h9-12H,2-8,13-17H2,1H3,(H,21,23). The van der Waals surface area contributed by atoms with Gasteiger partial charge in [-0.15, -0.1) is 0 Å². The minimum Gasteiger partial charge on any atom is -0.497 e. The van der Waals surface area contributed by atoms with Gasteiger partial charge in [0.15, 0.2) is 0 Å². The predicted octanol–water partition coefficient (Wildman–Crippen LogP) is 3.40. The maximum Gasteiger partial charge on any atom is 0.224 e. The molecule has 0 aliphatic carbocycles. The maximum absolute atomic E-state index is 11.9. The molecular formula is C20H32N2O2. The summed E-state index contributed by atoms with van der Waals surface area (Å²) in [5.74, 6) is 0.927. The number of amides is 1. The molecule has 1 aliphatic rings. The van der Waals surface area contributed by atoms with E-state index >= 15 is 0 Å². The van der Waals surface area contributed by atoms with Gasteiger partial charge in [-0.25, -0.2) is 0 Å². The van der Waals surface area contributed by atoms with Crippen LogP contribution >= 0.6 is 0 Å². The van der Waals surface area contributed by atoms with Crippen molar-refractivity contribution in [2.75, 3.05) is 33.3 Å². The second-order valence-electron chi connectivity index (χ2n) is 6.69. The van der Waals surface area contributed by atoms with Crippen LogP contribution in [0.5, 0.6) is 5.75 Å². The summed E-state index contributed by atoms with van der Waals surface area (Å²) in [6.45, 7) is 4.56. The van der Waals surface area contributed by atoms with Gasteiger partial charge in [-0.05, 0) is 63.0 Å². The SMILES string of the molecule is COc1ccc(CC(=O)NCCCCCN2CCCCCC2)cc1. The van der Waals surface area contributed by atoms with Gasteiger partial charge < -0.3 is 15.0 Å². The van der Waals surface area contributed by atoms with Gasteiger partial charge >= 0.3 is 0 Å². The zero-order valence-corrected chi connectivity index (χ0v) is 15.1. The summed E-state index contributed by atoms with van der Waals surface area (Å²) in [5.41, 5.74) is 1.02. The molecule has 0 aromatic heterocycles. The second kappa shape index (κ2) is 11.1. The highest BCUT2D eigenvalue weighted by Gasteiger charge is 2.08. The van der Waals surface area contributed by atoms with Crippen LogP contribution in [0, 0.1) is 0 Å². The molecule has 0 unspecified atom stereocenters. The van der Waals surface area contributed by atoms with Crippen LogP contribution < -0.4 is 10.1 Å². The molecule has 4 nitrogen and oxygen atoms in total. The molecule has 1 fully saturated rings. The number of unbranched alkanes of at least 4 members (excludes halogenated alkanes) is 2. The molecule has 134 valence electrons. The van der Waals surface area contributed by atoms with E-state index in [1.807, 2.05) is 24.3 Å². The van der Waals surface area contributed by atoms with Gasteiger partial charge in [0.2, 0.25) is 5.91 Å². The fraction of sp³-hybridized carbons (Fsp3) is 0.650. The Morgan fingerprint density at radius 2 is 1.75 bits per heavy atom. The summed E-state index contributed by atoms with van der Waals surface area (Å²) in [7, 11) is 1.65. The van der Waals surface area contributed by atoms with E-state index in [1.54, 1.807) is 7.11 Å². The zero-order chi connectivity index (χ0) is 17.0. The molecule has 1 aromatic carbocycles. The van der Waals surface area contributed by atoms with Crippen molar-refractivity contribution in [3.8, 4) is 5.75 Å². The molecular weight excluding hydrogens is 300 g/mol. The minimum atomic E-state index is 0.104. The van der Waals surface area contributed by atoms with E-state index < -0.39 is 0 Å². The summed E-state index contributed by atoms with van der Waals surface area (Å²) in [5, 5.41) is 3.02. The lowest BCUT2D eigenvalue weighted by molar-refractivity contribution is -0.120. The number of hydrogen-bond acceptors (Lipinski definition) is 3. The number of rotatable bonds is 9. The van der Waals surface area contributed by atoms with E-state index in [1.165, 1.54) is 58.2 Å². The fourth-order valence-corrected chi connectivity index (χ4v) is 3.22. The van der Waals surface area contributed by atoms with Crippen LogP contribution in [0.1, 0.15) is 50.5 Å². The van der Waals surface area contributed by atoms with Gasteiger partial charge in [-0.2, -0.15) is 0 Å². The average Bonchev–Trinajstić information content (AvgIpc) is 2.87. The first-order chi connectivity index (χ1) is 11.8. The zero-order valence-electron chi connectivity index (χ0n) is 15.1. The van der Waals surface area contributed by atoms with Crippen LogP contribution in [0.15, 0.2) is 24.3 Å². The second-order valence-corrected chi connectivity index (χ2v) is 6.69. The number of ether oxygens (including phenoxy) is 1. The number of nitrogens with zero attached hydrogens (tertiary/aromatic N) is 1. The highest BCUT2D eigenvalue weighted by atomic mass is 16.5.